The number of thiophene rings is 1. The second-order valence-corrected chi connectivity index (χ2v) is 16.5. The van der Waals surface area contributed by atoms with Gasteiger partial charge in [0.2, 0.25) is 0 Å². The molecule has 0 fully saturated rings. The Bertz CT molecular complexity index is 3330. The Kier molecular flexibility index (Phi) is 7.94. The monoisotopic (exact) mass is 781 g/mol. The molecular formula is C56H35N3S. The number of hydrogen-bond donors (Lipinski definition) is 0. The SMILES string of the molecule is c1ccc(-c2nc(-c3ccccc3)nc(-c3c(-c4cccc5sc6ccc(C7(c8ccccc8)c8ccccc8-c8ccccc87)cc6c45)ccc4ccccc34)n2)cc1. The van der Waals surface area contributed by atoms with Gasteiger partial charge in [0, 0.05) is 36.9 Å². The second kappa shape index (κ2) is 13.8. The summed E-state index contributed by atoms with van der Waals surface area (Å²) in [6, 6.07) is 76.4. The molecule has 0 unspecified atom stereocenters. The molecule has 11 aromatic rings. The molecule has 280 valence electrons. The predicted molar refractivity (Wildman–Crippen MR) is 249 cm³/mol. The number of hydrogen-bond acceptors (Lipinski definition) is 4. The minimum atomic E-state index is -0.494. The maximum Gasteiger partial charge on any atom is 0.165 e. The van der Waals surface area contributed by atoms with Crippen LogP contribution in [0.3, 0.4) is 0 Å². The van der Waals surface area contributed by atoms with Crippen molar-refractivity contribution in [1.82, 2.24) is 15.0 Å². The summed E-state index contributed by atoms with van der Waals surface area (Å²) in [5.41, 5.74) is 12.3. The van der Waals surface area contributed by atoms with Crippen LogP contribution >= 0.6 is 11.3 Å². The van der Waals surface area contributed by atoms with Crippen LogP contribution in [0.4, 0.5) is 0 Å². The van der Waals surface area contributed by atoms with E-state index in [2.05, 4.69) is 176 Å². The molecule has 0 atom stereocenters. The predicted octanol–water partition coefficient (Wildman–Crippen LogP) is 14.4. The van der Waals surface area contributed by atoms with Gasteiger partial charge in [-0.3, -0.25) is 0 Å². The first-order chi connectivity index (χ1) is 29.8. The summed E-state index contributed by atoms with van der Waals surface area (Å²) in [5.74, 6) is 1.94. The zero-order valence-corrected chi connectivity index (χ0v) is 33.3. The maximum absolute atomic E-state index is 5.30. The molecule has 12 rings (SSSR count). The number of aromatic nitrogens is 3. The van der Waals surface area contributed by atoms with E-state index >= 15 is 0 Å². The maximum atomic E-state index is 5.30. The van der Waals surface area contributed by atoms with Crippen LogP contribution in [-0.4, -0.2) is 15.0 Å². The van der Waals surface area contributed by atoms with Crippen molar-refractivity contribution in [2.75, 3.05) is 0 Å². The van der Waals surface area contributed by atoms with Crippen LogP contribution < -0.4 is 0 Å². The first kappa shape index (κ1) is 34.5. The van der Waals surface area contributed by atoms with Crippen molar-refractivity contribution in [3.05, 3.63) is 235 Å². The number of rotatable bonds is 6. The highest BCUT2D eigenvalue weighted by molar-refractivity contribution is 7.26. The largest absolute Gasteiger partial charge is 0.208 e. The Morgan fingerprint density at radius 2 is 0.917 bits per heavy atom. The van der Waals surface area contributed by atoms with Crippen LogP contribution in [0.25, 0.3) is 87.4 Å². The summed E-state index contributed by atoms with van der Waals surface area (Å²) in [6.45, 7) is 0. The van der Waals surface area contributed by atoms with Gasteiger partial charge in [-0.2, -0.15) is 0 Å². The number of fused-ring (bicyclic) bond motifs is 7. The van der Waals surface area contributed by atoms with Crippen molar-refractivity contribution < 1.29 is 0 Å². The Morgan fingerprint density at radius 3 is 1.60 bits per heavy atom. The molecule has 0 saturated carbocycles. The first-order valence-electron chi connectivity index (χ1n) is 20.4. The van der Waals surface area contributed by atoms with Gasteiger partial charge in [-0.25, -0.2) is 15.0 Å². The minimum Gasteiger partial charge on any atom is -0.208 e. The summed E-state index contributed by atoms with van der Waals surface area (Å²) in [7, 11) is 0. The highest BCUT2D eigenvalue weighted by atomic mass is 32.1. The highest BCUT2D eigenvalue weighted by Gasteiger charge is 2.46. The molecule has 1 aliphatic carbocycles. The van der Waals surface area contributed by atoms with E-state index in [9.17, 15) is 0 Å². The molecule has 2 aromatic heterocycles. The Morgan fingerprint density at radius 1 is 0.350 bits per heavy atom. The van der Waals surface area contributed by atoms with E-state index in [-0.39, 0.29) is 0 Å². The van der Waals surface area contributed by atoms with Crippen molar-refractivity contribution >= 4 is 42.3 Å². The van der Waals surface area contributed by atoms with Crippen molar-refractivity contribution in [2.45, 2.75) is 5.41 Å². The first-order valence-corrected chi connectivity index (χ1v) is 21.2. The van der Waals surface area contributed by atoms with Gasteiger partial charge < -0.3 is 0 Å². The van der Waals surface area contributed by atoms with Crippen LogP contribution in [0.15, 0.2) is 212 Å². The summed E-state index contributed by atoms with van der Waals surface area (Å²) >= 11 is 1.85. The summed E-state index contributed by atoms with van der Waals surface area (Å²) < 4.78 is 2.49. The quantitative estimate of drug-likeness (QED) is 0.169. The van der Waals surface area contributed by atoms with E-state index in [0.29, 0.717) is 17.5 Å². The topological polar surface area (TPSA) is 38.7 Å². The zero-order valence-electron chi connectivity index (χ0n) is 32.5. The van der Waals surface area contributed by atoms with Gasteiger partial charge in [0.05, 0.1) is 5.41 Å². The third-order valence-corrected chi connectivity index (χ3v) is 13.4. The molecule has 0 saturated heterocycles. The van der Waals surface area contributed by atoms with Crippen LogP contribution in [0, 0.1) is 0 Å². The lowest BCUT2D eigenvalue weighted by Crippen LogP contribution is -2.28. The normalized spacial score (nSPS) is 12.8. The zero-order chi connectivity index (χ0) is 39.6. The minimum absolute atomic E-state index is 0.494. The lowest BCUT2D eigenvalue weighted by atomic mass is 9.67. The smallest absolute Gasteiger partial charge is 0.165 e. The van der Waals surface area contributed by atoms with Gasteiger partial charge in [-0.05, 0) is 73.5 Å². The van der Waals surface area contributed by atoms with Crippen molar-refractivity contribution in [3.63, 3.8) is 0 Å². The standard InChI is InChI=1S/C56H35N3S/c1-4-18-37(19-5-1)53-57-54(38-20-6-2-7-21-38)59-55(58-53)52-41-24-11-10-17-36(41)31-33-45(52)44-27-16-30-50-51(44)46-35-40(32-34-49(46)60-50)56(39-22-8-3-9-23-39)47-28-14-12-25-42(47)43-26-13-15-29-48(43)56/h1-35H. The van der Waals surface area contributed by atoms with Gasteiger partial charge in [-0.1, -0.05) is 194 Å². The average Bonchev–Trinajstić information content (AvgIpc) is 3.86. The molecule has 60 heavy (non-hydrogen) atoms. The Labute approximate surface area is 352 Å². The molecule has 9 aromatic carbocycles. The molecule has 3 nitrogen and oxygen atoms in total. The van der Waals surface area contributed by atoms with E-state index in [1.807, 2.05) is 47.7 Å². The lowest BCUT2D eigenvalue weighted by molar-refractivity contribution is 0.770. The van der Waals surface area contributed by atoms with Gasteiger partial charge in [0.25, 0.3) is 0 Å². The number of nitrogens with zero attached hydrogens (tertiary/aromatic N) is 3. The summed E-state index contributed by atoms with van der Waals surface area (Å²) in [5, 5.41) is 4.70. The molecule has 0 radical (unpaired) electrons. The number of benzene rings is 9. The van der Waals surface area contributed by atoms with E-state index in [1.165, 1.54) is 53.6 Å². The van der Waals surface area contributed by atoms with E-state index < -0.39 is 5.41 Å². The molecule has 0 amide bonds. The van der Waals surface area contributed by atoms with Crippen LogP contribution in [0.5, 0.6) is 0 Å². The van der Waals surface area contributed by atoms with Gasteiger partial charge in [0.15, 0.2) is 17.5 Å². The lowest BCUT2D eigenvalue weighted by Gasteiger charge is -2.34. The molecule has 0 N–H and O–H groups in total. The molecule has 1 aliphatic rings. The fourth-order valence-electron chi connectivity index (χ4n) is 9.65. The highest BCUT2D eigenvalue weighted by Crippen LogP contribution is 2.57. The van der Waals surface area contributed by atoms with Crippen molar-refractivity contribution in [2.24, 2.45) is 0 Å². The molecule has 2 heterocycles. The van der Waals surface area contributed by atoms with Crippen molar-refractivity contribution in [3.8, 4) is 56.4 Å². The molecular weight excluding hydrogens is 747 g/mol. The van der Waals surface area contributed by atoms with Crippen molar-refractivity contribution in [1.29, 1.82) is 0 Å². The van der Waals surface area contributed by atoms with Gasteiger partial charge >= 0.3 is 0 Å². The van der Waals surface area contributed by atoms with Gasteiger partial charge in [0.1, 0.15) is 0 Å². The Balaban J connectivity index is 1.15. The molecule has 4 heteroatoms. The fraction of sp³-hybridized carbons (Fsp3) is 0.0179. The molecule has 0 spiro atoms. The Hall–Kier alpha value is -7.53. The third kappa shape index (κ3) is 5.24. The van der Waals surface area contributed by atoms with Crippen LogP contribution in [-0.2, 0) is 5.41 Å². The van der Waals surface area contributed by atoms with Gasteiger partial charge in [-0.15, -0.1) is 11.3 Å². The summed E-state index contributed by atoms with van der Waals surface area (Å²) in [4.78, 5) is 15.7. The second-order valence-electron chi connectivity index (χ2n) is 15.4. The van der Waals surface area contributed by atoms with Crippen LogP contribution in [0.1, 0.15) is 22.3 Å². The van der Waals surface area contributed by atoms with Crippen LogP contribution in [0.2, 0.25) is 0 Å². The average molecular weight is 782 g/mol. The summed E-state index contributed by atoms with van der Waals surface area (Å²) in [6.07, 6.45) is 0. The third-order valence-electron chi connectivity index (χ3n) is 12.2. The fourth-order valence-corrected chi connectivity index (χ4v) is 10.8. The van der Waals surface area contributed by atoms with E-state index in [1.54, 1.807) is 0 Å². The molecule has 0 bridgehead atoms. The molecule has 0 aliphatic heterocycles. The van der Waals surface area contributed by atoms with E-state index in [0.717, 1.165) is 38.6 Å². The van der Waals surface area contributed by atoms with E-state index in [4.69, 9.17) is 15.0 Å².